The van der Waals surface area contributed by atoms with Gasteiger partial charge in [0, 0.05) is 51.4 Å². The van der Waals surface area contributed by atoms with Gasteiger partial charge in [-0.05, 0) is 61.1 Å². The van der Waals surface area contributed by atoms with E-state index >= 15 is 0 Å². The van der Waals surface area contributed by atoms with Gasteiger partial charge in [-0.2, -0.15) is 0 Å². The third-order valence-corrected chi connectivity index (χ3v) is 6.00. The summed E-state index contributed by atoms with van der Waals surface area (Å²) in [5.74, 6) is -0.104. The van der Waals surface area contributed by atoms with E-state index < -0.39 is 0 Å². The molecule has 0 spiro atoms. The highest BCUT2D eigenvalue weighted by molar-refractivity contribution is 5.63. The molecule has 0 radical (unpaired) electrons. The molecule has 0 bridgehead atoms. The minimum Gasteiger partial charge on any atom is -0.378 e. The summed E-state index contributed by atoms with van der Waals surface area (Å²) in [6.07, 6.45) is 9.48. The average Bonchev–Trinajstić information content (AvgIpc) is 2.74. The Morgan fingerprint density at radius 2 is 1.17 bits per heavy atom. The molecule has 2 aromatic rings. The molecule has 3 nitrogen and oxygen atoms in total. The van der Waals surface area contributed by atoms with Crippen molar-refractivity contribution in [3.63, 3.8) is 0 Å². The molecule has 29 heavy (non-hydrogen) atoms. The summed E-state index contributed by atoms with van der Waals surface area (Å²) < 4.78 is 0. The van der Waals surface area contributed by atoms with Gasteiger partial charge in [-0.25, -0.2) is 0 Å². The van der Waals surface area contributed by atoms with Crippen LogP contribution in [0.25, 0.3) is 0 Å². The van der Waals surface area contributed by atoms with E-state index in [-0.39, 0.29) is 11.8 Å². The van der Waals surface area contributed by atoms with Crippen LogP contribution < -0.4 is 9.80 Å². The SMILES string of the molecule is CN(C)c1ccc(C(c2ccc(N(C)C)cc2)[C@H](C=O)C=C2CCCCC2)cc1. The van der Waals surface area contributed by atoms with E-state index in [1.807, 2.05) is 28.2 Å². The van der Waals surface area contributed by atoms with E-state index in [0.29, 0.717) is 0 Å². The van der Waals surface area contributed by atoms with Crippen molar-refractivity contribution in [2.45, 2.75) is 38.0 Å². The summed E-state index contributed by atoms with van der Waals surface area (Å²) in [4.78, 5) is 16.5. The second kappa shape index (κ2) is 9.78. The quantitative estimate of drug-likeness (QED) is 0.450. The summed E-state index contributed by atoms with van der Waals surface area (Å²) in [5, 5.41) is 0. The maximum Gasteiger partial charge on any atom is 0.127 e. The molecule has 2 aromatic carbocycles. The van der Waals surface area contributed by atoms with Crippen molar-refractivity contribution in [2.75, 3.05) is 38.0 Å². The van der Waals surface area contributed by atoms with E-state index in [4.69, 9.17) is 0 Å². The normalized spacial score (nSPS) is 15.1. The first-order chi connectivity index (χ1) is 14.0. The molecule has 0 aromatic heterocycles. The fourth-order valence-corrected chi connectivity index (χ4v) is 4.26. The number of hydrogen-bond donors (Lipinski definition) is 0. The van der Waals surface area contributed by atoms with Crippen molar-refractivity contribution >= 4 is 17.7 Å². The molecule has 3 heteroatoms. The van der Waals surface area contributed by atoms with E-state index in [2.05, 4.69) is 64.4 Å². The molecule has 1 saturated carbocycles. The van der Waals surface area contributed by atoms with E-state index in [9.17, 15) is 4.79 Å². The van der Waals surface area contributed by atoms with Crippen LogP contribution >= 0.6 is 0 Å². The molecule has 1 fully saturated rings. The zero-order valence-corrected chi connectivity index (χ0v) is 18.3. The lowest BCUT2D eigenvalue weighted by Crippen LogP contribution is -2.16. The summed E-state index contributed by atoms with van der Waals surface area (Å²) in [7, 11) is 8.20. The van der Waals surface area contributed by atoms with Crippen LogP contribution in [-0.4, -0.2) is 34.5 Å². The smallest absolute Gasteiger partial charge is 0.127 e. The second-order valence-electron chi connectivity index (χ2n) is 8.55. The standard InChI is InChI=1S/C26H34N2O/c1-27(2)24-14-10-21(11-15-24)26(22-12-16-25(17-13-22)28(3)4)23(19-29)18-20-8-6-5-7-9-20/h10-19,23,26H,5-9H2,1-4H3/t23-/m0/s1. The number of carbonyl (C=O) groups excluding carboxylic acids is 1. The minimum absolute atomic E-state index is 0.0364. The van der Waals surface area contributed by atoms with E-state index in [1.54, 1.807) is 0 Å². The first kappa shape index (κ1) is 21.2. The van der Waals surface area contributed by atoms with Crippen molar-refractivity contribution in [2.24, 2.45) is 5.92 Å². The molecule has 0 aliphatic heterocycles. The van der Waals surface area contributed by atoms with Gasteiger partial charge in [0.2, 0.25) is 0 Å². The Bertz CT molecular complexity index is 759. The molecule has 1 atom stereocenters. The molecule has 0 amide bonds. The van der Waals surface area contributed by atoms with Gasteiger partial charge < -0.3 is 14.6 Å². The molecule has 0 heterocycles. The number of anilines is 2. The lowest BCUT2D eigenvalue weighted by Gasteiger charge is -2.25. The Labute approximate surface area is 176 Å². The van der Waals surface area contributed by atoms with Gasteiger partial charge in [0.15, 0.2) is 0 Å². The summed E-state index contributed by atoms with van der Waals surface area (Å²) in [6, 6.07) is 17.3. The number of rotatable bonds is 7. The third-order valence-electron chi connectivity index (χ3n) is 6.00. The third kappa shape index (κ3) is 5.29. The van der Waals surface area contributed by atoms with Gasteiger partial charge in [0.1, 0.15) is 6.29 Å². The highest BCUT2D eigenvalue weighted by Gasteiger charge is 2.24. The summed E-state index contributed by atoms with van der Waals surface area (Å²) in [5.41, 5.74) is 6.18. The van der Waals surface area contributed by atoms with Crippen LogP contribution in [0, 0.1) is 5.92 Å². The van der Waals surface area contributed by atoms with Crippen molar-refractivity contribution < 1.29 is 4.79 Å². The first-order valence-electron chi connectivity index (χ1n) is 10.7. The Kier molecular flexibility index (Phi) is 7.13. The van der Waals surface area contributed by atoms with E-state index in [1.165, 1.54) is 47.3 Å². The molecule has 154 valence electrons. The lowest BCUT2D eigenvalue weighted by molar-refractivity contribution is -0.110. The molecule has 0 N–H and O–H groups in total. The Hall–Kier alpha value is -2.55. The largest absolute Gasteiger partial charge is 0.378 e. The highest BCUT2D eigenvalue weighted by atomic mass is 16.1. The van der Waals surface area contributed by atoms with Gasteiger partial charge >= 0.3 is 0 Å². The number of nitrogens with zero attached hydrogens (tertiary/aromatic N) is 2. The predicted octanol–water partition coefficient (Wildman–Crippen LogP) is 5.66. The minimum atomic E-state index is -0.140. The molecular formula is C26H34N2O. The van der Waals surface area contributed by atoms with Gasteiger partial charge in [0.05, 0.1) is 0 Å². The summed E-state index contributed by atoms with van der Waals surface area (Å²) in [6.45, 7) is 0. The second-order valence-corrected chi connectivity index (χ2v) is 8.55. The van der Waals surface area contributed by atoms with Crippen LogP contribution in [0.15, 0.2) is 60.2 Å². The Balaban J connectivity index is 2.00. The first-order valence-corrected chi connectivity index (χ1v) is 10.7. The highest BCUT2D eigenvalue weighted by Crippen LogP contribution is 2.36. The van der Waals surface area contributed by atoms with Gasteiger partial charge in [-0.1, -0.05) is 42.3 Å². The monoisotopic (exact) mass is 390 g/mol. The Morgan fingerprint density at radius 1 is 0.724 bits per heavy atom. The zero-order chi connectivity index (χ0) is 20.8. The van der Waals surface area contributed by atoms with Gasteiger partial charge in [-0.3, -0.25) is 0 Å². The van der Waals surface area contributed by atoms with Gasteiger partial charge in [-0.15, -0.1) is 0 Å². The van der Waals surface area contributed by atoms with Gasteiger partial charge in [0.25, 0.3) is 0 Å². The Morgan fingerprint density at radius 3 is 1.55 bits per heavy atom. The average molecular weight is 391 g/mol. The van der Waals surface area contributed by atoms with Crippen molar-refractivity contribution in [1.29, 1.82) is 0 Å². The van der Waals surface area contributed by atoms with Crippen LogP contribution in [-0.2, 0) is 4.79 Å². The topological polar surface area (TPSA) is 23.6 Å². The molecule has 0 saturated heterocycles. The fraction of sp³-hybridized carbons (Fsp3) is 0.423. The molecule has 3 rings (SSSR count). The number of carbonyl (C=O) groups is 1. The molecule has 0 unspecified atom stereocenters. The number of hydrogen-bond acceptors (Lipinski definition) is 3. The van der Waals surface area contributed by atoms with E-state index in [0.717, 1.165) is 19.1 Å². The number of allylic oxidation sites excluding steroid dienone is 2. The van der Waals surface area contributed by atoms with Crippen LogP contribution in [0.5, 0.6) is 0 Å². The van der Waals surface area contributed by atoms with Crippen LogP contribution in [0.4, 0.5) is 11.4 Å². The summed E-state index contributed by atoms with van der Waals surface area (Å²) >= 11 is 0. The number of benzene rings is 2. The molecule has 1 aliphatic rings. The van der Waals surface area contributed by atoms with Crippen LogP contribution in [0.3, 0.4) is 0 Å². The molecular weight excluding hydrogens is 356 g/mol. The maximum atomic E-state index is 12.3. The van der Waals surface area contributed by atoms with Crippen LogP contribution in [0.1, 0.15) is 49.1 Å². The zero-order valence-electron chi connectivity index (χ0n) is 18.3. The van der Waals surface area contributed by atoms with Crippen molar-refractivity contribution in [3.05, 3.63) is 71.3 Å². The fourth-order valence-electron chi connectivity index (χ4n) is 4.26. The predicted molar refractivity (Wildman–Crippen MR) is 124 cm³/mol. The van der Waals surface area contributed by atoms with Crippen molar-refractivity contribution in [3.8, 4) is 0 Å². The molecule has 1 aliphatic carbocycles. The maximum absolute atomic E-state index is 12.3. The lowest BCUT2D eigenvalue weighted by atomic mass is 9.79. The van der Waals surface area contributed by atoms with Crippen molar-refractivity contribution in [1.82, 2.24) is 0 Å². The van der Waals surface area contributed by atoms with Crippen LogP contribution in [0.2, 0.25) is 0 Å². The number of aldehydes is 1.